The first-order valence-corrected chi connectivity index (χ1v) is 7.12. The molecule has 1 fully saturated rings. The van der Waals surface area contributed by atoms with Crippen molar-refractivity contribution in [3.63, 3.8) is 0 Å². The minimum absolute atomic E-state index is 0.0169. The maximum Gasteiger partial charge on any atom is 0.257 e. The average molecular weight is 288 g/mol. The summed E-state index contributed by atoms with van der Waals surface area (Å²) in [7, 11) is 3.78. The van der Waals surface area contributed by atoms with E-state index in [2.05, 4.69) is 22.2 Å². The second-order valence-electron chi connectivity index (χ2n) is 6.02. The molecule has 2 aromatic heterocycles. The van der Waals surface area contributed by atoms with Gasteiger partial charge in [-0.3, -0.25) is 9.48 Å². The summed E-state index contributed by atoms with van der Waals surface area (Å²) < 4.78 is 3.62. The summed E-state index contributed by atoms with van der Waals surface area (Å²) in [6, 6.07) is 0. The maximum atomic E-state index is 12.4. The standard InChI is InChI=1S/C14H20N6O/c1-14(13-17-15-10-18(13)2)4-6-20(7-5-14)12(21)11-8-16-19(3)9-11/h8-10H,4-7H2,1-3H3. The highest BCUT2D eigenvalue weighted by molar-refractivity contribution is 5.93. The molecule has 7 heteroatoms. The van der Waals surface area contributed by atoms with E-state index in [0.29, 0.717) is 5.56 Å². The lowest BCUT2D eigenvalue weighted by Crippen LogP contribution is -2.44. The van der Waals surface area contributed by atoms with E-state index in [1.807, 2.05) is 23.6 Å². The molecule has 7 nitrogen and oxygen atoms in total. The van der Waals surface area contributed by atoms with Crippen LogP contribution in [0, 0.1) is 0 Å². The van der Waals surface area contributed by atoms with E-state index >= 15 is 0 Å². The molecule has 112 valence electrons. The molecular formula is C14H20N6O. The zero-order valence-electron chi connectivity index (χ0n) is 12.7. The maximum absolute atomic E-state index is 12.4. The van der Waals surface area contributed by atoms with Gasteiger partial charge < -0.3 is 9.47 Å². The van der Waals surface area contributed by atoms with Crippen molar-refractivity contribution in [2.24, 2.45) is 14.1 Å². The van der Waals surface area contributed by atoms with E-state index in [9.17, 15) is 4.79 Å². The number of amides is 1. The Morgan fingerprint density at radius 1 is 1.29 bits per heavy atom. The number of hydrogen-bond donors (Lipinski definition) is 0. The molecule has 1 amide bonds. The van der Waals surface area contributed by atoms with Gasteiger partial charge in [-0.1, -0.05) is 6.92 Å². The number of carbonyl (C=O) groups excluding carboxylic acids is 1. The molecule has 0 radical (unpaired) electrons. The zero-order chi connectivity index (χ0) is 15.0. The molecule has 2 aromatic rings. The van der Waals surface area contributed by atoms with Gasteiger partial charge >= 0.3 is 0 Å². The van der Waals surface area contributed by atoms with Crippen molar-refractivity contribution in [3.8, 4) is 0 Å². The van der Waals surface area contributed by atoms with Crippen LogP contribution >= 0.6 is 0 Å². The monoisotopic (exact) mass is 288 g/mol. The first kappa shape index (κ1) is 13.8. The van der Waals surface area contributed by atoms with Crippen molar-refractivity contribution in [2.45, 2.75) is 25.2 Å². The fraction of sp³-hybridized carbons (Fsp3) is 0.571. The number of aromatic nitrogens is 5. The number of aryl methyl sites for hydroxylation is 2. The van der Waals surface area contributed by atoms with E-state index in [1.165, 1.54) is 0 Å². The molecule has 3 heterocycles. The normalized spacial score (nSPS) is 18.0. The Hall–Kier alpha value is -2.18. The zero-order valence-corrected chi connectivity index (χ0v) is 12.7. The van der Waals surface area contributed by atoms with Crippen molar-refractivity contribution in [1.82, 2.24) is 29.4 Å². The van der Waals surface area contributed by atoms with E-state index in [1.54, 1.807) is 23.4 Å². The molecule has 0 atom stereocenters. The van der Waals surface area contributed by atoms with Crippen molar-refractivity contribution < 1.29 is 4.79 Å². The lowest BCUT2D eigenvalue weighted by atomic mass is 9.79. The van der Waals surface area contributed by atoms with Gasteiger partial charge in [0.25, 0.3) is 5.91 Å². The highest BCUT2D eigenvalue weighted by atomic mass is 16.2. The van der Waals surface area contributed by atoms with E-state index in [-0.39, 0.29) is 11.3 Å². The molecule has 0 unspecified atom stereocenters. The highest BCUT2D eigenvalue weighted by Gasteiger charge is 2.36. The van der Waals surface area contributed by atoms with Gasteiger partial charge in [0.05, 0.1) is 11.8 Å². The molecule has 21 heavy (non-hydrogen) atoms. The van der Waals surface area contributed by atoms with Crippen LogP contribution in [0.3, 0.4) is 0 Å². The third kappa shape index (κ3) is 2.43. The third-order valence-corrected chi connectivity index (χ3v) is 4.36. The molecular weight excluding hydrogens is 268 g/mol. The Morgan fingerprint density at radius 3 is 2.52 bits per heavy atom. The molecule has 0 saturated carbocycles. The van der Waals surface area contributed by atoms with E-state index < -0.39 is 0 Å². The molecule has 3 rings (SSSR count). The third-order valence-electron chi connectivity index (χ3n) is 4.36. The van der Waals surface area contributed by atoms with Crippen molar-refractivity contribution >= 4 is 5.91 Å². The Morgan fingerprint density at radius 2 is 2.00 bits per heavy atom. The molecule has 0 N–H and O–H groups in total. The summed E-state index contributed by atoms with van der Waals surface area (Å²) >= 11 is 0. The van der Waals surface area contributed by atoms with Gasteiger partial charge in [-0.25, -0.2) is 0 Å². The van der Waals surface area contributed by atoms with Crippen LogP contribution in [0.25, 0.3) is 0 Å². The lowest BCUT2D eigenvalue weighted by molar-refractivity contribution is 0.0669. The van der Waals surface area contributed by atoms with Crippen LogP contribution in [-0.4, -0.2) is 48.4 Å². The smallest absolute Gasteiger partial charge is 0.257 e. The largest absolute Gasteiger partial charge is 0.338 e. The summed E-state index contributed by atoms with van der Waals surface area (Å²) in [6.45, 7) is 3.66. The summed E-state index contributed by atoms with van der Waals surface area (Å²) in [5.74, 6) is 1.05. The molecule has 0 aliphatic carbocycles. The Balaban J connectivity index is 1.70. The number of rotatable bonds is 2. The molecule has 0 bridgehead atoms. The SMILES string of the molecule is Cn1cc(C(=O)N2CCC(C)(c3nncn3C)CC2)cn1. The van der Waals surface area contributed by atoms with Gasteiger partial charge in [-0.15, -0.1) is 10.2 Å². The van der Waals surface area contributed by atoms with Gasteiger partial charge in [-0.2, -0.15) is 5.10 Å². The quantitative estimate of drug-likeness (QED) is 0.817. The molecule has 0 spiro atoms. The van der Waals surface area contributed by atoms with Gasteiger partial charge in [0.1, 0.15) is 12.2 Å². The van der Waals surface area contributed by atoms with Gasteiger partial charge in [0.15, 0.2) is 0 Å². The van der Waals surface area contributed by atoms with Crippen LogP contribution in [0.4, 0.5) is 0 Å². The van der Waals surface area contributed by atoms with Crippen LogP contribution < -0.4 is 0 Å². The second kappa shape index (κ2) is 4.98. The fourth-order valence-electron chi connectivity index (χ4n) is 2.97. The first-order valence-electron chi connectivity index (χ1n) is 7.12. The molecule has 1 aliphatic rings. The Bertz CT molecular complexity index is 650. The number of nitrogens with zero attached hydrogens (tertiary/aromatic N) is 6. The predicted octanol–water partition coefficient (Wildman–Crippen LogP) is 0.742. The van der Waals surface area contributed by atoms with Gasteiger partial charge in [0, 0.05) is 38.8 Å². The number of hydrogen-bond acceptors (Lipinski definition) is 4. The Labute approximate surface area is 123 Å². The van der Waals surface area contributed by atoms with Crippen LogP contribution in [0.5, 0.6) is 0 Å². The number of piperidine rings is 1. The van der Waals surface area contributed by atoms with E-state index in [0.717, 1.165) is 31.8 Å². The summed E-state index contributed by atoms with van der Waals surface area (Å²) in [6.07, 6.45) is 6.91. The van der Waals surface area contributed by atoms with Crippen molar-refractivity contribution in [3.05, 3.63) is 30.1 Å². The van der Waals surface area contributed by atoms with Crippen LogP contribution in [-0.2, 0) is 19.5 Å². The fourth-order valence-corrected chi connectivity index (χ4v) is 2.97. The first-order chi connectivity index (χ1) is 9.99. The topological polar surface area (TPSA) is 68.8 Å². The Kier molecular flexibility index (Phi) is 3.27. The van der Waals surface area contributed by atoms with Crippen LogP contribution in [0.1, 0.15) is 35.9 Å². The summed E-state index contributed by atoms with van der Waals surface area (Å²) in [5, 5.41) is 12.3. The highest BCUT2D eigenvalue weighted by Crippen LogP contribution is 2.33. The van der Waals surface area contributed by atoms with Crippen molar-refractivity contribution in [1.29, 1.82) is 0 Å². The predicted molar refractivity (Wildman–Crippen MR) is 76.7 cm³/mol. The van der Waals surface area contributed by atoms with Crippen molar-refractivity contribution in [2.75, 3.05) is 13.1 Å². The van der Waals surface area contributed by atoms with Crippen LogP contribution in [0.15, 0.2) is 18.7 Å². The summed E-state index contributed by atoms with van der Waals surface area (Å²) in [5.41, 5.74) is 0.636. The second-order valence-corrected chi connectivity index (χ2v) is 6.02. The van der Waals surface area contributed by atoms with Gasteiger partial charge in [-0.05, 0) is 12.8 Å². The molecule has 1 saturated heterocycles. The molecule has 1 aliphatic heterocycles. The van der Waals surface area contributed by atoms with Gasteiger partial charge in [0.2, 0.25) is 0 Å². The number of carbonyl (C=O) groups is 1. The van der Waals surface area contributed by atoms with E-state index in [4.69, 9.17) is 0 Å². The minimum atomic E-state index is -0.0169. The number of likely N-dealkylation sites (tertiary alicyclic amines) is 1. The minimum Gasteiger partial charge on any atom is -0.338 e. The lowest BCUT2D eigenvalue weighted by Gasteiger charge is -2.38. The average Bonchev–Trinajstić information content (AvgIpc) is 3.08. The van der Waals surface area contributed by atoms with Crippen LogP contribution in [0.2, 0.25) is 0 Å². The molecule has 0 aromatic carbocycles. The summed E-state index contributed by atoms with van der Waals surface area (Å²) in [4.78, 5) is 14.3.